The second kappa shape index (κ2) is 6.53. The molecule has 0 bridgehead atoms. The molecule has 1 fully saturated rings. The predicted molar refractivity (Wildman–Crippen MR) is 104 cm³/mol. The van der Waals surface area contributed by atoms with Crippen LogP contribution in [0, 0.1) is 24.2 Å². The second-order valence-electron chi connectivity index (χ2n) is 7.54. The molecule has 0 heterocycles. The average Bonchev–Trinajstić information content (AvgIpc) is 3.13. The zero-order valence-corrected chi connectivity index (χ0v) is 16.6. The Morgan fingerprint density at radius 3 is 2.16 bits per heavy atom. The Kier molecular flexibility index (Phi) is 4.87. The summed E-state index contributed by atoms with van der Waals surface area (Å²) in [7, 11) is -1.41. The molecule has 2 aromatic carbocycles. The Hall–Kier alpha value is -1.16. The van der Waals surface area contributed by atoms with Crippen molar-refractivity contribution in [2.45, 2.75) is 42.9 Å². The monoisotopic (exact) mass is 376 g/mol. The third-order valence-electron chi connectivity index (χ3n) is 5.55. The molecule has 2 aromatic rings. The van der Waals surface area contributed by atoms with Crippen LogP contribution in [-0.2, 0) is 10.8 Å². The minimum atomic E-state index is -1.41. The van der Waals surface area contributed by atoms with Crippen LogP contribution in [-0.4, -0.2) is 13.5 Å². The summed E-state index contributed by atoms with van der Waals surface area (Å²) in [4.78, 5) is 0.718. The molecule has 0 spiro atoms. The third kappa shape index (κ3) is 2.77. The molecular weight excluding hydrogens is 352 g/mol. The zero-order chi connectivity index (χ0) is 18.4. The molecule has 1 aliphatic carbocycles. The van der Waals surface area contributed by atoms with Crippen LogP contribution in [0.15, 0.2) is 59.5 Å². The van der Waals surface area contributed by atoms with Crippen LogP contribution in [0.5, 0.6) is 0 Å². The highest BCUT2D eigenvalue weighted by Crippen LogP contribution is 2.75. The van der Waals surface area contributed by atoms with Crippen LogP contribution in [0.4, 0.5) is 0 Å². The largest absolute Gasteiger partial charge is 0.388 e. The van der Waals surface area contributed by atoms with Gasteiger partial charge in [-0.1, -0.05) is 68.8 Å². The Labute approximate surface area is 157 Å². The predicted octanol–water partition coefficient (Wildman–Crippen LogP) is 5.06. The van der Waals surface area contributed by atoms with Crippen molar-refractivity contribution in [3.05, 3.63) is 65.7 Å². The van der Waals surface area contributed by atoms with E-state index in [1.807, 2.05) is 68.4 Å². The van der Waals surface area contributed by atoms with Crippen LogP contribution in [0.3, 0.4) is 0 Å². The highest BCUT2D eigenvalue weighted by Gasteiger charge is 2.80. The fourth-order valence-electron chi connectivity index (χ4n) is 4.20. The Bertz CT molecular complexity index is 774. The lowest BCUT2D eigenvalue weighted by Crippen LogP contribution is -2.24. The number of aliphatic hydroxyl groups excluding tert-OH is 1. The summed E-state index contributed by atoms with van der Waals surface area (Å²) in [6, 6.07) is 17.2. The molecule has 0 aromatic heterocycles. The van der Waals surface area contributed by atoms with Gasteiger partial charge in [0.15, 0.2) is 0 Å². The summed E-state index contributed by atoms with van der Waals surface area (Å²) >= 11 is 7.02. The lowest BCUT2D eigenvalue weighted by Gasteiger charge is -2.23. The second-order valence-corrected chi connectivity index (χ2v) is 10.0. The van der Waals surface area contributed by atoms with Crippen LogP contribution in [0.1, 0.15) is 38.0 Å². The molecule has 1 unspecified atom stereocenters. The highest BCUT2D eigenvalue weighted by atomic mass is 35.5. The van der Waals surface area contributed by atoms with E-state index in [0.717, 1.165) is 16.0 Å². The lowest BCUT2D eigenvalue weighted by atomic mass is 9.89. The van der Waals surface area contributed by atoms with Gasteiger partial charge >= 0.3 is 0 Å². The summed E-state index contributed by atoms with van der Waals surface area (Å²) in [6.45, 7) is 8.13. The van der Waals surface area contributed by atoms with Gasteiger partial charge < -0.3 is 5.11 Å². The molecule has 2 nitrogen and oxygen atoms in total. The molecule has 0 radical (unpaired) electrons. The summed E-state index contributed by atoms with van der Waals surface area (Å²) in [5.41, 5.74) is 1.28. The quantitative estimate of drug-likeness (QED) is 0.740. The van der Waals surface area contributed by atoms with E-state index in [-0.39, 0.29) is 11.8 Å². The molecule has 3 rings (SSSR count). The first-order valence-corrected chi connectivity index (χ1v) is 10.2. The maximum absolute atomic E-state index is 13.4. The van der Waals surface area contributed by atoms with Crippen molar-refractivity contribution in [1.82, 2.24) is 0 Å². The number of hydrogen-bond donors (Lipinski definition) is 1. The van der Waals surface area contributed by atoms with Crippen LogP contribution in [0.25, 0.3) is 0 Å². The summed E-state index contributed by atoms with van der Waals surface area (Å²) in [6.07, 6.45) is -0.756. The van der Waals surface area contributed by atoms with Gasteiger partial charge in [-0.3, -0.25) is 4.21 Å². The molecule has 0 saturated heterocycles. The number of benzene rings is 2. The molecule has 1 N–H and O–H groups in total. The number of alkyl halides is 1. The van der Waals surface area contributed by atoms with E-state index in [1.54, 1.807) is 0 Å². The number of aliphatic hydroxyl groups is 1. The molecule has 134 valence electrons. The maximum atomic E-state index is 13.4. The normalized spacial score (nSPS) is 30.9. The number of rotatable bonds is 5. The van der Waals surface area contributed by atoms with Gasteiger partial charge in [-0.25, -0.2) is 0 Å². The number of aryl methyl sites for hydroxylation is 1. The highest BCUT2D eigenvalue weighted by molar-refractivity contribution is 7.88. The van der Waals surface area contributed by atoms with Gasteiger partial charge in [0.1, 0.15) is 4.21 Å². The standard InChI is InChI=1S/C21H25ClO2S/c1-14(2)18-20(4,19(23)16-8-6-5-7-9-16)21(18,22)25(24)17-12-10-15(3)11-13-17/h5-14,18-19,23H,1-4H3/t18-,19+,20+,21+,25?/m1/s1. The first-order chi connectivity index (χ1) is 11.7. The third-order valence-corrected chi connectivity index (χ3v) is 8.55. The van der Waals surface area contributed by atoms with Crippen molar-refractivity contribution in [2.75, 3.05) is 0 Å². The summed E-state index contributed by atoms with van der Waals surface area (Å²) in [5, 5.41) is 11.1. The van der Waals surface area contributed by atoms with Crippen molar-refractivity contribution < 1.29 is 9.32 Å². The minimum absolute atomic E-state index is 0.0426. The van der Waals surface area contributed by atoms with E-state index >= 15 is 0 Å². The molecule has 25 heavy (non-hydrogen) atoms. The Balaban J connectivity index is 2.01. The molecule has 5 atom stereocenters. The van der Waals surface area contributed by atoms with Gasteiger partial charge in [0.05, 0.1) is 16.9 Å². The van der Waals surface area contributed by atoms with E-state index in [4.69, 9.17) is 11.6 Å². The molecule has 0 aliphatic heterocycles. The zero-order valence-electron chi connectivity index (χ0n) is 15.1. The van der Waals surface area contributed by atoms with Crippen molar-refractivity contribution >= 4 is 22.4 Å². The van der Waals surface area contributed by atoms with Crippen LogP contribution >= 0.6 is 11.6 Å². The van der Waals surface area contributed by atoms with Gasteiger partial charge in [0.25, 0.3) is 0 Å². The summed E-state index contributed by atoms with van der Waals surface area (Å²) in [5.74, 6) is 0.175. The molecule has 1 aliphatic rings. The average molecular weight is 377 g/mol. The van der Waals surface area contributed by atoms with Gasteiger partial charge in [0.2, 0.25) is 0 Å². The fraction of sp³-hybridized carbons (Fsp3) is 0.429. The van der Waals surface area contributed by atoms with Crippen molar-refractivity contribution in [1.29, 1.82) is 0 Å². The van der Waals surface area contributed by atoms with Gasteiger partial charge in [-0.2, -0.15) is 0 Å². The lowest BCUT2D eigenvalue weighted by molar-refractivity contribution is 0.0872. The van der Waals surface area contributed by atoms with Gasteiger partial charge in [-0.15, -0.1) is 11.6 Å². The molecule has 1 saturated carbocycles. The maximum Gasteiger partial charge on any atom is 0.136 e. The smallest absolute Gasteiger partial charge is 0.136 e. The topological polar surface area (TPSA) is 37.3 Å². The Morgan fingerprint density at radius 1 is 1.08 bits per heavy atom. The van der Waals surface area contributed by atoms with E-state index in [9.17, 15) is 9.32 Å². The fourth-order valence-corrected chi connectivity index (χ4v) is 7.17. The van der Waals surface area contributed by atoms with E-state index in [1.165, 1.54) is 0 Å². The van der Waals surface area contributed by atoms with Crippen molar-refractivity contribution in [2.24, 2.45) is 17.3 Å². The number of halogens is 1. The van der Waals surface area contributed by atoms with E-state index in [0.29, 0.717) is 0 Å². The van der Waals surface area contributed by atoms with Gasteiger partial charge in [-0.05, 0) is 30.5 Å². The summed E-state index contributed by atoms with van der Waals surface area (Å²) < 4.78 is 12.4. The van der Waals surface area contributed by atoms with E-state index < -0.39 is 26.5 Å². The van der Waals surface area contributed by atoms with Crippen LogP contribution in [0.2, 0.25) is 0 Å². The van der Waals surface area contributed by atoms with Crippen molar-refractivity contribution in [3.8, 4) is 0 Å². The first-order valence-electron chi connectivity index (χ1n) is 8.65. The van der Waals surface area contributed by atoms with Gasteiger partial charge in [0, 0.05) is 16.2 Å². The van der Waals surface area contributed by atoms with Crippen molar-refractivity contribution in [3.63, 3.8) is 0 Å². The minimum Gasteiger partial charge on any atom is -0.388 e. The van der Waals surface area contributed by atoms with Crippen LogP contribution < -0.4 is 0 Å². The molecule has 0 amide bonds. The molecular formula is C21H25ClO2S. The molecule has 4 heteroatoms. The first kappa shape index (κ1) is 18.6. The SMILES string of the molecule is Cc1ccc(S(=O)[C@@]2(Cl)[C@H](C(C)C)[C@@]2(C)[C@@H](O)c2ccccc2)cc1. The Morgan fingerprint density at radius 2 is 1.64 bits per heavy atom. The number of hydrogen-bond acceptors (Lipinski definition) is 2. The van der Waals surface area contributed by atoms with E-state index in [2.05, 4.69) is 13.8 Å².